The van der Waals surface area contributed by atoms with Gasteiger partial charge in [-0.2, -0.15) is 0 Å². The maximum absolute atomic E-state index is 12.3. The summed E-state index contributed by atoms with van der Waals surface area (Å²) in [5.74, 6) is 5.82. The average Bonchev–Trinajstić information content (AvgIpc) is 2.63. The van der Waals surface area contributed by atoms with Gasteiger partial charge in [-0.25, -0.2) is 0 Å². The zero-order valence-corrected chi connectivity index (χ0v) is 13.4. The second-order valence-electron chi connectivity index (χ2n) is 5.04. The first kappa shape index (κ1) is 15.8. The molecule has 24 heavy (non-hydrogen) atoms. The summed E-state index contributed by atoms with van der Waals surface area (Å²) in [4.78, 5) is 16.4. The van der Waals surface area contributed by atoms with Gasteiger partial charge in [0, 0.05) is 34.2 Å². The second kappa shape index (κ2) is 7.45. The van der Waals surface area contributed by atoms with Gasteiger partial charge in [0.15, 0.2) is 0 Å². The van der Waals surface area contributed by atoms with Crippen molar-refractivity contribution in [2.75, 3.05) is 5.32 Å². The van der Waals surface area contributed by atoms with Gasteiger partial charge in [0.25, 0.3) is 5.91 Å². The molecule has 3 rings (SSSR count). The van der Waals surface area contributed by atoms with Crippen LogP contribution in [0.5, 0.6) is 0 Å². The highest BCUT2D eigenvalue weighted by atomic mass is 35.5. The van der Waals surface area contributed by atoms with E-state index >= 15 is 0 Å². The normalized spacial score (nSPS) is 9.71. The van der Waals surface area contributed by atoms with Gasteiger partial charge in [0.05, 0.1) is 5.56 Å². The Balaban J connectivity index is 1.76. The van der Waals surface area contributed by atoms with Crippen LogP contribution in [0.3, 0.4) is 0 Å². The van der Waals surface area contributed by atoms with E-state index in [2.05, 4.69) is 22.1 Å². The second-order valence-corrected chi connectivity index (χ2v) is 5.48. The van der Waals surface area contributed by atoms with Crippen molar-refractivity contribution < 1.29 is 4.79 Å². The molecule has 0 radical (unpaired) electrons. The third-order valence-corrected chi connectivity index (χ3v) is 3.48. The van der Waals surface area contributed by atoms with Gasteiger partial charge in [-0.05, 0) is 42.5 Å². The van der Waals surface area contributed by atoms with Gasteiger partial charge in [-0.1, -0.05) is 41.6 Å². The Bertz CT molecular complexity index is 910. The lowest BCUT2D eigenvalue weighted by Gasteiger charge is -2.05. The molecule has 0 aliphatic heterocycles. The van der Waals surface area contributed by atoms with Crippen LogP contribution in [0, 0.1) is 11.8 Å². The average molecular weight is 333 g/mol. The molecule has 3 aromatic rings. The topological polar surface area (TPSA) is 42.0 Å². The van der Waals surface area contributed by atoms with Crippen molar-refractivity contribution in [3.63, 3.8) is 0 Å². The fourth-order valence-corrected chi connectivity index (χ4v) is 2.16. The molecule has 4 heteroatoms. The lowest BCUT2D eigenvalue weighted by Crippen LogP contribution is -2.12. The number of nitrogens with one attached hydrogen (secondary N) is 1. The molecule has 0 aliphatic rings. The molecule has 0 bridgehead atoms. The van der Waals surface area contributed by atoms with Crippen molar-refractivity contribution >= 4 is 23.2 Å². The van der Waals surface area contributed by atoms with Crippen LogP contribution >= 0.6 is 11.6 Å². The molecule has 0 spiro atoms. The number of rotatable bonds is 2. The standard InChI is InChI=1S/C20H13ClN2O/c21-18-8-10-19(11-9-18)23-20(24)17-12-16(13-22-14-17)7-6-15-4-2-1-3-5-15/h1-5,8-14H,(H,23,24). The first-order valence-corrected chi connectivity index (χ1v) is 7.67. The molecular weight excluding hydrogens is 320 g/mol. The van der Waals surface area contributed by atoms with Crippen LogP contribution in [0.1, 0.15) is 21.5 Å². The molecule has 0 saturated carbocycles. The summed E-state index contributed by atoms with van der Waals surface area (Å²) in [6.45, 7) is 0. The molecule has 1 N–H and O–H groups in total. The molecule has 2 aromatic carbocycles. The van der Waals surface area contributed by atoms with Crippen LogP contribution in [-0.4, -0.2) is 10.9 Å². The monoisotopic (exact) mass is 332 g/mol. The molecule has 1 amide bonds. The minimum atomic E-state index is -0.242. The van der Waals surface area contributed by atoms with Crippen molar-refractivity contribution in [2.45, 2.75) is 0 Å². The number of anilines is 1. The molecule has 1 heterocycles. The number of benzene rings is 2. The third kappa shape index (κ3) is 4.22. The maximum atomic E-state index is 12.3. The largest absolute Gasteiger partial charge is 0.322 e. The number of pyridine rings is 1. The first-order chi connectivity index (χ1) is 11.7. The molecule has 0 atom stereocenters. The summed E-state index contributed by atoms with van der Waals surface area (Å²) in [7, 11) is 0. The van der Waals surface area contributed by atoms with Crippen LogP contribution in [0.2, 0.25) is 5.02 Å². The van der Waals surface area contributed by atoms with Gasteiger partial charge in [-0.15, -0.1) is 0 Å². The number of nitrogens with zero attached hydrogens (tertiary/aromatic N) is 1. The van der Waals surface area contributed by atoms with Crippen LogP contribution in [0.25, 0.3) is 0 Å². The zero-order valence-electron chi connectivity index (χ0n) is 12.7. The third-order valence-electron chi connectivity index (χ3n) is 3.23. The number of hydrogen-bond donors (Lipinski definition) is 1. The summed E-state index contributed by atoms with van der Waals surface area (Å²) < 4.78 is 0. The van der Waals surface area contributed by atoms with Crippen molar-refractivity contribution in [2.24, 2.45) is 0 Å². The Hall–Kier alpha value is -3.09. The predicted octanol–water partition coefficient (Wildman–Crippen LogP) is 4.39. The summed E-state index contributed by atoms with van der Waals surface area (Å²) in [5.41, 5.74) is 2.71. The number of amides is 1. The molecule has 3 nitrogen and oxygen atoms in total. The highest BCUT2D eigenvalue weighted by molar-refractivity contribution is 6.30. The minimum absolute atomic E-state index is 0.242. The smallest absolute Gasteiger partial charge is 0.257 e. The van der Waals surface area contributed by atoms with Crippen LogP contribution in [0.15, 0.2) is 73.1 Å². The van der Waals surface area contributed by atoms with Gasteiger partial charge in [0.2, 0.25) is 0 Å². The quantitative estimate of drug-likeness (QED) is 0.707. The van der Waals surface area contributed by atoms with E-state index in [-0.39, 0.29) is 5.91 Å². The lowest BCUT2D eigenvalue weighted by molar-refractivity contribution is 0.102. The highest BCUT2D eigenvalue weighted by Gasteiger charge is 2.07. The van der Waals surface area contributed by atoms with Gasteiger partial charge in [0.1, 0.15) is 0 Å². The Morgan fingerprint density at radius 2 is 1.62 bits per heavy atom. The Kier molecular flexibility index (Phi) is 4.90. The number of carbonyl (C=O) groups is 1. The fraction of sp³-hybridized carbons (Fsp3) is 0. The Morgan fingerprint density at radius 3 is 2.38 bits per heavy atom. The van der Waals surface area contributed by atoms with E-state index in [1.54, 1.807) is 36.5 Å². The molecular formula is C20H13ClN2O. The van der Waals surface area contributed by atoms with Crippen LogP contribution in [-0.2, 0) is 0 Å². The van der Waals surface area contributed by atoms with Gasteiger partial charge in [-0.3, -0.25) is 9.78 Å². The Labute approximate surface area is 145 Å². The molecule has 116 valence electrons. The van der Waals surface area contributed by atoms with Crippen LogP contribution in [0.4, 0.5) is 5.69 Å². The summed E-state index contributed by atoms with van der Waals surface area (Å²) in [6, 6.07) is 18.3. The van der Waals surface area contributed by atoms with Gasteiger partial charge < -0.3 is 5.32 Å². The zero-order chi connectivity index (χ0) is 16.8. The van der Waals surface area contributed by atoms with Crippen molar-refractivity contribution in [1.82, 2.24) is 4.98 Å². The minimum Gasteiger partial charge on any atom is -0.322 e. The molecule has 0 saturated heterocycles. The molecule has 1 aromatic heterocycles. The molecule has 0 unspecified atom stereocenters. The summed E-state index contributed by atoms with van der Waals surface area (Å²) in [6.07, 6.45) is 3.15. The van der Waals surface area contributed by atoms with Crippen molar-refractivity contribution in [3.05, 3.63) is 94.8 Å². The fourth-order valence-electron chi connectivity index (χ4n) is 2.03. The highest BCUT2D eigenvalue weighted by Crippen LogP contribution is 2.14. The number of halogens is 1. The maximum Gasteiger partial charge on any atom is 0.257 e. The summed E-state index contributed by atoms with van der Waals surface area (Å²) >= 11 is 5.83. The molecule has 0 fully saturated rings. The summed E-state index contributed by atoms with van der Waals surface area (Å²) in [5, 5.41) is 3.42. The van der Waals surface area contributed by atoms with Crippen molar-refractivity contribution in [1.29, 1.82) is 0 Å². The van der Waals surface area contributed by atoms with E-state index in [4.69, 9.17) is 11.6 Å². The van der Waals surface area contributed by atoms with E-state index < -0.39 is 0 Å². The predicted molar refractivity (Wildman–Crippen MR) is 96.1 cm³/mol. The van der Waals surface area contributed by atoms with Crippen LogP contribution < -0.4 is 5.32 Å². The number of hydrogen-bond acceptors (Lipinski definition) is 2. The van der Waals surface area contributed by atoms with E-state index in [1.165, 1.54) is 6.20 Å². The lowest BCUT2D eigenvalue weighted by atomic mass is 10.1. The SMILES string of the molecule is O=C(Nc1ccc(Cl)cc1)c1cncc(C#Cc2ccccc2)c1. The molecule has 0 aliphatic carbocycles. The number of carbonyl (C=O) groups excluding carboxylic acids is 1. The Morgan fingerprint density at radius 1 is 0.917 bits per heavy atom. The number of aromatic nitrogens is 1. The van der Waals surface area contributed by atoms with Crippen molar-refractivity contribution in [3.8, 4) is 11.8 Å². The van der Waals surface area contributed by atoms with E-state index in [9.17, 15) is 4.79 Å². The van der Waals surface area contributed by atoms with E-state index in [1.807, 2.05) is 30.3 Å². The van der Waals surface area contributed by atoms with E-state index in [0.717, 1.165) is 5.56 Å². The van der Waals surface area contributed by atoms with Gasteiger partial charge >= 0.3 is 0 Å². The van der Waals surface area contributed by atoms with E-state index in [0.29, 0.717) is 21.8 Å². The first-order valence-electron chi connectivity index (χ1n) is 7.30.